The molecule has 18 heteroatoms. The molecule has 0 aliphatic carbocycles. The first-order chi connectivity index (χ1) is 71.5. The zero-order valence-corrected chi connectivity index (χ0v) is 76.4. The van der Waals surface area contributed by atoms with Crippen molar-refractivity contribution in [1.82, 2.24) is 56.3 Å². The molecule has 18 heterocycles. The summed E-state index contributed by atoms with van der Waals surface area (Å²) in [6.07, 6.45) is 23.3. The van der Waals surface area contributed by atoms with Crippen molar-refractivity contribution in [3.63, 3.8) is 0 Å². The predicted molar refractivity (Wildman–Crippen MR) is 585 cm³/mol. The summed E-state index contributed by atoms with van der Waals surface area (Å²) in [5, 5.41) is 35.2. The zero-order chi connectivity index (χ0) is 94.0. The Morgan fingerprint density at radius 2 is 0.417 bits per heavy atom. The lowest BCUT2D eigenvalue weighted by Crippen LogP contribution is -1.91. The molecule has 0 atom stereocenters. The first kappa shape index (κ1) is 79.1. The molecule has 18 aromatic carbocycles. The fourth-order valence-electron chi connectivity index (χ4n) is 23.0. The first-order valence-corrected chi connectivity index (χ1v) is 48.0. The summed E-state index contributed by atoms with van der Waals surface area (Å²) in [6, 6.07) is 126. The normalized spacial score (nSPS) is 12.2. The van der Waals surface area contributed by atoms with Gasteiger partial charge in [0.2, 0.25) is 0 Å². The van der Waals surface area contributed by atoms with Crippen LogP contribution < -0.4 is 0 Å². The van der Waals surface area contributed by atoms with Crippen LogP contribution in [0.1, 0.15) is 0 Å². The van der Waals surface area contributed by atoms with Gasteiger partial charge in [0.05, 0.1) is 38.5 Å². The van der Waals surface area contributed by atoms with Crippen LogP contribution >= 0.6 is 0 Å². The number of aromatic nitrogens is 12. The summed E-state index contributed by atoms with van der Waals surface area (Å²) in [4.78, 5) is 27.4. The van der Waals surface area contributed by atoms with Crippen molar-refractivity contribution in [2.45, 2.75) is 0 Å². The minimum absolute atomic E-state index is 0.911. The number of nitrogens with zero attached hydrogens (tertiary/aromatic N) is 12. The average molecular weight is 1850 g/mol. The topological polar surface area (TPSA) is 183 Å². The molecule has 144 heavy (non-hydrogen) atoms. The van der Waals surface area contributed by atoms with Crippen molar-refractivity contribution >= 4 is 296 Å². The van der Waals surface area contributed by atoms with Crippen LogP contribution in [0.4, 0.5) is 0 Å². The van der Waals surface area contributed by atoms with Crippen LogP contribution in [-0.4, -0.2) is 56.3 Å². The van der Waals surface area contributed by atoms with Gasteiger partial charge >= 0.3 is 0 Å². The maximum absolute atomic E-state index is 6.27. The highest BCUT2D eigenvalue weighted by Gasteiger charge is 2.25. The van der Waals surface area contributed by atoms with E-state index in [1.165, 1.54) is 75.4 Å². The molecule has 36 aromatic rings. The minimum Gasteiger partial charge on any atom is -0.456 e. The summed E-state index contributed by atoms with van der Waals surface area (Å²) in [5.74, 6) is 0. The molecule has 0 amide bonds. The average Bonchev–Trinajstić information content (AvgIpc) is 1.50. The number of hydrogen-bond donors (Lipinski definition) is 0. The highest BCUT2D eigenvalue weighted by atomic mass is 16.3. The lowest BCUT2D eigenvalue weighted by molar-refractivity contribution is 0.669. The second kappa shape index (κ2) is 30.8. The second-order valence-electron chi connectivity index (χ2n) is 36.7. The van der Waals surface area contributed by atoms with Crippen molar-refractivity contribution < 1.29 is 26.5 Å². The second-order valence-corrected chi connectivity index (χ2v) is 36.7. The quantitative estimate of drug-likeness (QED) is 0.131. The molecule has 0 bridgehead atoms. The van der Waals surface area contributed by atoms with Gasteiger partial charge in [0.15, 0.2) is 5.58 Å². The molecule has 0 N–H and O–H groups in total. The van der Waals surface area contributed by atoms with Gasteiger partial charge in [-0.1, -0.05) is 261 Å². The fourth-order valence-corrected chi connectivity index (χ4v) is 23.0. The molecule has 36 rings (SSSR count). The number of benzene rings is 18. The summed E-state index contributed by atoms with van der Waals surface area (Å²) in [6.45, 7) is 0. The van der Waals surface area contributed by atoms with Crippen LogP contribution in [-0.2, 0) is 0 Å². The van der Waals surface area contributed by atoms with E-state index in [1.54, 1.807) is 0 Å². The minimum atomic E-state index is 0.911. The Labute approximate surface area is 811 Å². The van der Waals surface area contributed by atoms with Gasteiger partial charge < -0.3 is 26.5 Å². The molecule has 0 saturated carbocycles. The number of furan rings is 6. The standard InChI is InChI=1S/6C21H12N2O/c1-2-7-16-14(6-1)19-17(23-12-11-22-21(16)23)10-9-15-13-5-3-4-8-18(13)24-20(15)19;1-2-7-15-13(5-1)16-12-20-17(14-6-3-4-8-19(14)24-20)11-18(16)23-10-9-22-21(15)23;1-2-7-15-13(5-1)16-11-17-14-6-3-4-8-19(14)24-20(17)12-18(16)23-10-9-22-21(15)23;1-2-7-17-13(5-1)15-9-10-16-14-6-3-4-8-18(14)24-20(16)19(15)23-12-11-22-21(17)23;1-2-6-15-13(5-1)14-9-10-18-19(16-7-3-4-8-17(16)24-18)20(14)23-12-11-22-21(15)23;1-2-6-14-13(5-1)19-16(23-12-11-22-21(14)23)9-10-18-20(19)15-7-3-4-8-17(15)24-18/h6*1-12H. The number of imidazole rings is 6. The van der Waals surface area contributed by atoms with E-state index in [2.05, 4.69) is 347 Å². The molecule has 672 valence electrons. The van der Waals surface area contributed by atoms with Gasteiger partial charge in [-0.05, 0) is 129 Å². The maximum Gasteiger partial charge on any atom is 0.160 e. The number of rotatable bonds is 0. The lowest BCUT2D eigenvalue weighted by Gasteiger charge is -2.09. The van der Waals surface area contributed by atoms with E-state index in [9.17, 15) is 0 Å². The third-order valence-electron chi connectivity index (χ3n) is 29.1. The molecule has 0 fully saturated rings. The summed E-state index contributed by atoms with van der Waals surface area (Å²) >= 11 is 0. The summed E-state index contributed by atoms with van der Waals surface area (Å²) in [7, 11) is 0. The van der Waals surface area contributed by atoms with Gasteiger partial charge in [-0.2, -0.15) is 0 Å². The van der Waals surface area contributed by atoms with Crippen molar-refractivity contribution in [1.29, 1.82) is 0 Å². The third-order valence-corrected chi connectivity index (χ3v) is 29.1. The third kappa shape index (κ3) is 11.6. The number of para-hydroxylation sites is 6. The number of fused-ring (bicyclic) bond motifs is 58. The Kier molecular flexibility index (Phi) is 16.9. The monoisotopic (exact) mass is 1850 g/mol. The highest BCUT2D eigenvalue weighted by Crippen LogP contribution is 2.47. The Hall–Kier alpha value is -20.0. The van der Waals surface area contributed by atoms with E-state index in [0.29, 0.717) is 0 Å². The van der Waals surface area contributed by atoms with E-state index in [-0.39, 0.29) is 0 Å². The van der Waals surface area contributed by atoms with Crippen LogP contribution in [0.3, 0.4) is 0 Å². The molecule has 0 aliphatic rings. The van der Waals surface area contributed by atoms with Crippen LogP contribution in [0, 0.1) is 0 Å². The molecule has 0 radical (unpaired) electrons. The van der Waals surface area contributed by atoms with Crippen LogP contribution in [0.5, 0.6) is 0 Å². The molecule has 0 aliphatic heterocycles. The number of pyridine rings is 6. The molecule has 0 saturated heterocycles. The molecular formula is C126H72N12O6. The van der Waals surface area contributed by atoms with E-state index in [0.717, 1.165) is 220 Å². The van der Waals surface area contributed by atoms with E-state index >= 15 is 0 Å². The summed E-state index contributed by atoms with van der Waals surface area (Å²) in [5.41, 5.74) is 23.7. The molecule has 0 unspecified atom stereocenters. The van der Waals surface area contributed by atoms with Crippen LogP contribution in [0.2, 0.25) is 0 Å². The smallest absolute Gasteiger partial charge is 0.160 e. The van der Waals surface area contributed by atoms with E-state index in [1.807, 2.05) is 147 Å². The van der Waals surface area contributed by atoms with Gasteiger partial charge in [0, 0.05) is 204 Å². The summed E-state index contributed by atoms with van der Waals surface area (Å²) < 4.78 is 49.7. The predicted octanol–water partition coefficient (Wildman–Crippen LogP) is 33.2. The van der Waals surface area contributed by atoms with Crippen LogP contribution in [0.15, 0.2) is 465 Å². The molecule has 18 nitrogen and oxygen atoms in total. The Bertz CT molecular complexity index is 11600. The molecule has 18 aromatic heterocycles. The first-order valence-electron chi connectivity index (χ1n) is 48.0. The zero-order valence-electron chi connectivity index (χ0n) is 76.4. The van der Waals surface area contributed by atoms with Crippen molar-refractivity contribution in [3.05, 3.63) is 438 Å². The van der Waals surface area contributed by atoms with Gasteiger partial charge in [-0.15, -0.1) is 0 Å². The van der Waals surface area contributed by atoms with Crippen LogP contribution in [0.25, 0.3) is 296 Å². The van der Waals surface area contributed by atoms with E-state index < -0.39 is 0 Å². The molecular weight excluding hydrogens is 1780 g/mol. The lowest BCUT2D eigenvalue weighted by atomic mass is 10.0. The fraction of sp³-hybridized carbons (Fsp3) is 0. The largest absolute Gasteiger partial charge is 0.456 e. The van der Waals surface area contributed by atoms with Gasteiger partial charge in [0.25, 0.3) is 0 Å². The highest BCUT2D eigenvalue weighted by molar-refractivity contribution is 6.31. The van der Waals surface area contributed by atoms with Gasteiger partial charge in [-0.25, -0.2) is 29.9 Å². The van der Waals surface area contributed by atoms with Crippen molar-refractivity contribution in [2.24, 2.45) is 0 Å². The van der Waals surface area contributed by atoms with Gasteiger partial charge in [0.1, 0.15) is 95.3 Å². The maximum atomic E-state index is 6.27. The molecule has 0 spiro atoms. The van der Waals surface area contributed by atoms with Gasteiger partial charge in [-0.3, -0.25) is 26.4 Å². The Morgan fingerprint density at radius 1 is 0.139 bits per heavy atom. The van der Waals surface area contributed by atoms with Crippen molar-refractivity contribution in [3.8, 4) is 0 Å². The van der Waals surface area contributed by atoms with Crippen molar-refractivity contribution in [2.75, 3.05) is 0 Å². The SMILES string of the molecule is c1ccc2c(c1)oc1c2ccc2c1c1ccccc1c1nccn21.c1ccc2c(c1)oc1c2ccc2c3ccccc3c3nccn3c21.c1ccc2c(c1)oc1cc3c(cc12)c1ccccc1c1nccn31.c1ccc2c(c1)oc1cc3c4ccccc4c4nccn4c3cc12.c1ccc2c(c1)oc1ccc3c(c4ccccc4c4nccn34)c12.c1ccc2c(c1)oc1ccc3c4ccccc4c4nccn4c3c12. The van der Waals surface area contributed by atoms with E-state index in [4.69, 9.17) is 26.5 Å². The Balaban J connectivity index is 0.0000000788. The Morgan fingerprint density at radius 3 is 0.910 bits per heavy atom. The number of hydrogen-bond acceptors (Lipinski definition) is 12.